The van der Waals surface area contributed by atoms with Gasteiger partial charge >= 0.3 is 0 Å². The summed E-state index contributed by atoms with van der Waals surface area (Å²) >= 11 is 0. The number of aromatic nitrogens is 5. The van der Waals surface area contributed by atoms with Gasteiger partial charge in [-0.3, -0.25) is 9.89 Å². The van der Waals surface area contributed by atoms with Gasteiger partial charge in [-0.15, -0.1) is 10.2 Å². The SMILES string of the molecule is O=c1cnnc2nc[nH]n12. The maximum absolute atomic E-state index is 10.8. The molecule has 0 spiro atoms. The third-order valence-corrected chi connectivity index (χ3v) is 1.10. The van der Waals surface area contributed by atoms with E-state index in [1.807, 2.05) is 0 Å². The van der Waals surface area contributed by atoms with Gasteiger partial charge in [-0.25, -0.2) is 0 Å². The van der Waals surface area contributed by atoms with Crippen molar-refractivity contribution in [2.75, 3.05) is 0 Å². The summed E-state index contributed by atoms with van der Waals surface area (Å²) in [6, 6.07) is 0. The van der Waals surface area contributed by atoms with Crippen molar-refractivity contribution in [3.05, 3.63) is 22.9 Å². The summed E-state index contributed by atoms with van der Waals surface area (Å²) in [4.78, 5) is 14.5. The van der Waals surface area contributed by atoms with E-state index in [9.17, 15) is 4.79 Å². The number of aromatic amines is 1. The summed E-state index contributed by atoms with van der Waals surface area (Å²) < 4.78 is 1.20. The van der Waals surface area contributed by atoms with Gasteiger partial charge in [0.05, 0.1) is 0 Å². The minimum atomic E-state index is -0.262. The molecule has 0 atom stereocenters. The number of nitrogens with zero attached hydrogens (tertiary/aromatic N) is 4. The van der Waals surface area contributed by atoms with Crippen molar-refractivity contribution in [1.82, 2.24) is 24.8 Å². The van der Waals surface area contributed by atoms with Crippen molar-refractivity contribution in [2.24, 2.45) is 0 Å². The fraction of sp³-hybridized carbons (Fsp3) is 0. The fourth-order valence-electron chi connectivity index (χ4n) is 0.680. The van der Waals surface area contributed by atoms with E-state index in [0.717, 1.165) is 6.20 Å². The molecule has 50 valence electrons. The summed E-state index contributed by atoms with van der Waals surface area (Å²) in [5, 5.41) is 9.57. The first-order valence-electron chi connectivity index (χ1n) is 2.62. The van der Waals surface area contributed by atoms with Crippen LogP contribution < -0.4 is 5.56 Å². The van der Waals surface area contributed by atoms with Gasteiger partial charge in [0.2, 0.25) is 0 Å². The second kappa shape index (κ2) is 1.63. The van der Waals surface area contributed by atoms with Gasteiger partial charge in [0.15, 0.2) is 0 Å². The van der Waals surface area contributed by atoms with Crippen LogP contribution in [0.2, 0.25) is 0 Å². The molecule has 2 aromatic heterocycles. The first-order valence-corrected chi connectivity index (χ1v) is 2.62. The fourth-order valence-corrected chi connectivity index (χ4v) is 0.680. The van der Waals surface area contributed by atoms with Gasteiger partial charge in [-0.2, -0.15) is 9.50 Å². The molecule has 0 aliphatic carbocycles. The molecule has 6 nitrogen and oxygen atoms in total. The molecule has 0 aromatic carbocycles. The molecule has 0 amide bonds. The van der Waals surface area contributed by atoms with Crippen molar-refractivity contribution in [3.8, 4) is 0 Å². The molecule has 0 fully saturated rings. The number of nitrogens with one attached hydrogen (secondary N) is 1. The van der Waals surface area contributed by atoms with Crippen LogP contribution in [0.5, 0.6) is 0 Å². The summed E-state index contributed by atoms with van der Waals surface area (Å²) in [6.45, 7) is 0. The van der Waals surface area contributed by atoms with E-state index in [-0.39, 0.29) is 11.3 Å². The molecular weight excluding hydrogens is 134 g/mol. The van der Waals surface area contributed by atoms with Crippen LogP contribution in [-0.4, -0.2) is 24.8 Å². The molecular formula is C4H3N5O. The van der Waals surface area contributed by atoms with Crippen LogP contribution in [0, 0.1) is 0 Å². The van der Waals surface area contributed by atoms with Crippen LogP contribution in [0.15, 0.2) is 17.3 Å². The minimum absolute atomic E-state index is 0.262. The molecule has 0 saturated carbocycles. The summed E-state index contributed by atoms with van der Waals surface area (Å²) in [7, 11) is 0. The summed E-state index contributed by atoms with van der Waals surface area (Å²) in [5.74, 6) is 0.285. The molecule has 0 aliphatic heterocycles. The van der Waals surface area contributed by atoms with Crippen LogP contribution >= 0.6 is 0 Å². The van der Waals surface area contributed by atoms with Crippen molar-refractivity contribution in [3.63, 3.8) is 0 Å². The van der Waals surface area contributed by atoms with E-state index in [2.05, 4.69) is 20.3 Å². The maximum Gasteiger partial charge on any atom is 0.292 e. The smallest absolute Gasteiger partial charge is 0.278 e. The van der Waals surface area contributed by atoms with E-state index in [1.165, 1.54) is 10.8 Å². The molecule has 0 radical (unpaired) electrons. The van der Waals surface area contributed by atoms with Gasteiger partial charge in [-0.05, 0) is 0 Å². The molecule has 0 saturated heterocycles. The summed E-state index contributed by atoms with van der Waals surface area (Å²) in [5.41, 5.74) is -0.262. The third kappa shape index (κ3) is 0.524. The average molecular weight is 137 g/mol. The number of H-pyrrole nitrogens is 1. The predicted octanol–water partition coefficient (Wildman–Crippen LogP) is -1.19. The van der Waals surface area contributed by atoms with E-state index >= 15 is 0 Å². The van der Waals surface area contributed by atoms with Crippen LogP contribution in [0.1, 0.15) is 0 Å². The van der Waals surface area contributed by atoms with E-state index in [4.69, 9.17) is 0 Å². The van der Waals surface area contributed by atoms with E-state index in [0.29, 0.717) is 0 Å². The van der Waals surface area contributed by atoms with Crippen molar-refractivity contribution >= 4 is 5.78 Å². The Hall–Kier alpha value is -1.72. The zero-order valence-corrected chi connectivity index (χ0v) is 4.85. The summed E-state index contributed by atoms with van der Waals surface area (Å²) in [6.07, 6.45) is 2.50. The molecule has 2 aromatic rings. The Morgan fingerprint density at radius 1 is 1.60 bits per heavy atom. The average Bonchev–Trinajstić information content (AvgIpc) is 2.36. The lowest BCUT2D eigenvalue weighted by Gasteiger charge is -1.83. The molecule has 6 heteroatoms. The van der Waals surface area contributed by atoms with Gasteiger partial charge < -0.3 is 0 Å². The van der Waals surface area contributed by atoms with Gasteiger partial charge in [0, 0.05) is 0 Å². The maximum atomic E-state index is 10.8. The lowest BCUT2D eigenvalue weighted by atomic mass is 10.8. The molecule has 0 bridgehead atoms. The highest BCUT2D eigenvalue weighted by Crippen LogP contribution is 1.80. The lowest BCUT2D eigenvalue weighted by molar-refractivity contribution is 0.850. The number of fused-ring (bicyclic) bond motifs is 1. The first kappa shape index (κ1) is 5.10. The molecule has 2 rings (SSSR count). The highest BCUT2D eigenvalue weighted by atomic mass is 16.1. The standard InChI is InChI=1S/C4H3N5O/c10-3-1-6-8-4-5-2-7-9(3)4/h1-2H,(H,5,7,8). The highest BCUT2D eigenvalue weighted by Gasteiger charge is 1.95. The topological polar surface area (TPSA) is 75.9 Å². The normalized spacial score (nSPS) is 10.4. The van der Waals surface area contributed by atoms with Gasteiger partial charge in [0.25, 0.3) is 11.3 Å². The quantitative estimate of drug-likeness (QED) is 0.495. The molecule has 1 N–H and O–H groups in total. The predicted molar refractivity (Wildman–Crippen MR) is 31.4 cm³/mol. The Morgan fingerprint density at radius 2 is 2.50 bits per heavy atom. The van der Waals surface area contributed by atoms with Gasteiger partial charge in [-0.1, -0.05) is 0 Å². The Bertz CT molecular complexity index is 401. The number of rotatable bonds is 0. The van der Waals surface area contributed by atoms with Crippen molar-refractivity contribution in [1.29, 1.82) is 0 Å². The zero-order chi connectivity index (χ0) is 6.97. The van der Waals surface area contributed by atoms with Gasteiger partial charge in [0.1, 0.15) is 12.5 Å². The number of hydrogen-bond acceptors (Lipinski definition) is 4. The lowest BCUT2D eigenvalue weighted by Crippen LogP contribution is -2.14. The Balaban J connectivity index is 3.09. The van der Waals surface area contributed by atoms with Crippen LogP contribution in [0.4, 0.5) is 0 Å². The van der Waals surface area contributed by atoms with Crippen LogP contribution in [0.3, 0.4) is 0 Å². The van der Waals surface area contributed by atoms with E-state index < -0.39 is 0 Å². The van der Waals surface area contributed by atoms with Crippen molar-refractivity contribution in [2.45, 2.75) is 0 Å². The monoisotopic (exact) mass is 137 g/mol. The second-order valence-corrected chi connectivity index (χ2v) is 1.71. The molecule has 10 heavy (non-hydrogen) atoms. The molecule has 0 unspecified atom stereocenters. The Kier molecular flexibility index (Phi) is 0.830. The highest BCUT2D eigenvalue weighted by molar-refractivity contribution is 5.19. The third-order valence-electron chi connectivity index (χ3n) is 1.10. The largest absolute Gasteiger partial charge is 0.292 e. The molecule has 2 heterocycles. The molecule has 0 aliphatic rings. The Labute approximate surface area is 54.5 Å². The van der Waals surface area contributed by atoms with Crippen LogP contribution in [0.25, 0.3) is 5.78 Å². The number of hydrogen-bond donors (Lipinski definition) is 1. The van der Waals surface area contributed by atoms with Crippen molar-refractivity contribution < 1.29 is 0 Å². The minimum Gasteiger partial charge on any atom is -0.278 e. The van der Waals surface area contributed by atoms with E-state index in [1.54, 1.807) is 0 Å². The Morgan fingerprint density at radius 3 is 3.30 bits per heavy atom. The first-order chi connectivity index (χ1) is 4.88. The van der Waals surface area contributed by atoms with Crippen LogP contribution in [-0.2, 0) is 0 Å². The zero-order valence-electron chi connectivity index (χ0n) is 4.85. The second-order valence-electron chi connectivity index (χ2n) is 1.71.